The zero-order chi connectivity index (χ0) is 13.1. The van der Waals surface area contributed by atoms with Gasteiger partial charge in [-0.1, -0.05) is 18.2 Å². The average molecular weight is 246 g/mol. The highest BCUT2D eigenvalue weighted by Gasteiger charge is 2.33. The number of anilines is 1. The van der Waals surface area contributed by atoms with Gasteiger partial charge in [-0.25, -0.2) is 0 Å². The van der Waals surface area contributed by atoms with Gasteiger partial charge in [0.2, 0.25) is 11.8 Å². The van der Waals surface area contributed by atoms with E-state index in [0.717, 1.165) is 11.3 Å². The third-order valence-corrected chi connectivity index (χ3v) is 3.39. The molecule has 0 aromatic heterocycles. The summed E-state index contributed by atoms with van der Waals surface area (Å²) in [5.74, 6) is -0.850. The number of para-hydroxylation sites is 1. The summed E-state index contributed by atoms with van der Waals surface area (Å²) in [5.41, 5.74) is 1.86. The van der Waals surface area contributed by atoms with Crippen LogP contribution in [0, 0.1) is 5.92 Å². The third-order valence-electron chi connectivity index (χ3n) is 3.39. The molecule has 0 radical (unpaired) electrons. The summed E-state index contributed by atoms with van der Waals surface area (Å²) < 4.78 is 0. The first kappa shape index (κ1) is 12.6. The van der Waals surface area contributed by atoms with Gasteiger partial charge in [-0.05, 0) is 31.9 Å². The lowest BCUT2D eigenvalue weighted by molar-refractivity contribution is -0.140. The molecule has 0 bridgehead atoms. The van der Waals surface area contributed by atoms with Crippen LogP contribution in [-0.4, -0.2) is 29.8 Å². The van der Waals surface area contributed by atoms with Gasteiger partial charge in [-0.3, -0.25) is 9.59 Å². The summed E-state index contributed by atoms with van der Waals surface area (Å²) in [7, 11) is 0. The number of carbonyl (C=O) groups is 2. The lowest BCUT2D eigenvalue weighted by Gasteiger charge is -2.28. The maximum absolute atomic E-state index is 12.2. The number of nitrogens with zero attached hydrogens (tertiary/aromatic N) is 1. The number of hydrogen-bond donors (Lipinski definition) is 1. The standard InChI is InChI=1S/C14H18N2O2/c1-3-16(4-2)14(18)11-9-10-7-5-6-8-12(10)15-13(11)17/h5-8,11H,3-4,9H2,1-2H3,(H,15,17). The Labute approximate surface area is 107 Å². The van der Waals surface area contributed by atoms with Gasteiger partial charge < -0.3 is 10.2 Å². The molecule has 0 fully saturated rings. The van der Waals surface area contributed by atoms with Gasteiger partial charge >= 0.3 is 0 Å². The lowest BCUT2D eigenvalue weighted by atomic mass is 9.92. The molecule has 1 N–H and O–H groups in total. The molecule has 2 amide bonds. The molecule has 1 aromatic carbocycles. The fourth-order valence-corrected chi connectivity index (χ4v) is 2.31. The lowest BCUT2D eigenvalue weighted by Crippen LogP contribution is -2.44. The minimum absolute atomic E-state index is 0.0768. The van der Waals surface area contributed by atoms with Gasteiger partial charge in [0.1, 0.15) is 5.92 Å². The number of amides is 2. The van der Waals surface area contributed by atoms with E-state index >= 15 is 0 Å². The summed E-state index contributed by atoms with van der Waals surface area (Å²) in [4.78, 5) is 25.9. The first-order valence-electron chi connectivity index (χ1n) is 6.35. The van der Waals surface area contributed by atoms with Gasteiger partial charge in [0.25, 0.3) is 0 Å². The molecular weight excluding hydrogens is 228 g/mol. The van der Waals surface area contributed by atoms with Crippen molar-refractivity contribution >= 4 is 17.5 Å². The third kappa shape index (κ3) is 2.23. The molecule has 1 aliphatic rings. The van der Waals surface area contributed by atoms with E-state index in [9.17, 15) is 9.59 Å². The van der Waals surface area contributed by atoms with E-state index in [4.69, 9.17) is 0 Å². The quantitative estimate of drug-likeness (QED) is 0.825. The summed E-state index contributed by atoms with van der Waals surface area (Å²) in [6, 6.07) is 7.63. The Bertz CT molecular complexity index is 467. The van der Waals surface area contributed by atoms with Crippen LogP contribution in [0.2, 0.25) is 0 Å². The predicted octanol–water partition coefficient (Wildman–Crippen LogP) is 1.67. The van der Waals surface area contributed by atoms with E-state index in [-0.39, 0.29) is 11.8 Å². The average Bonchev–Trinajstić information content (AvgIpc) is 2.39. The largest absolute Gasteiger partial charge is 0.343 e. The number of nitrogens with one attached hydrogen (secondary N) is 1. The number of carbonyl (C=O) groups excluding carboxylic acids is 2. The van der Waals surface area contributed by atoms with Crippen molar-refractivity contribution in [3.63, 3.8) is 0 Å². The maximum atomic E-state index is 12.2. The molecule has 1 atom stereocenters. The second-order valence-corrected chi connectivity index (χ2v) is 4.41. The van der Waals surface area contributed by atoms with Crippen LogP contribution >= 0.6 is 0 Å². The highest BCUT2D eigenvalue weighted by atomic mass is 16.2. The molecule has 0 spiro atoms. The van der Waals surface area contributed by atoms with Crippen molar-refractivity contribution in [2.24, 2.45) is 5.92 Å². The molecule has 1 unspecified atom stereocenters. The Kier molecular flexibility index (Phi) is 3.65. The molecule has 2 rings (SSSR count). The molecule has 0 aliphatic carbocycles. The van der Waals surface area contributed by atoms with E-state index in [1.54, 1.807) is 4.90 Å². The van der Waals surface area contributed by atoms with Crippen LogP contribution in [0.15, 0.2) is 24.3 Å². The van der Waals surface area contributed by atoms with Gasteiger partial charge in [-0.2, -0.15) is 0 Å². The molecule has 96 valence electrons. The van der Waals surface area contributed by atoms with E-state index < -0.39 is 5.92 Å². The second-order valence-electron chi connectivity index (χ2n) is 4.41. The fraction of sp³-hybridized carbons (Fsp3) is 0.429. The topological polar surface area (TPSA) is 49.4 Å². The SMILES string of the molecule is CCN(CC)C(=O)C1Cc2ccccc2NC1=O. The zero-order valence-corrected chi connectivity index (χ0v) is 10.8. The van der Waals surface area contributed by atoms with Crippen LogP contribution in [0.3, 0.4) is 0 Å². The molecule has 4 heteroatoms. The minimum Gasteiger partial charge on any atom is -0.343 e. The summed E-state index contributed by atoms with van der Waals surface area (Å²) >= 11 is 0. The summed E-state index contributed by atoms with van der Waals surface area (Å²) in [5, 5.41) is 2.81. The molecule has 1 aliphatic heterocycles. The highest BCUT2D eigenvalue weighted by molar-refractivity contribution is 6.08. The smallest absolute Gasteiger partial charge is 0.237 e. The van der Waals surface area contributed by atoms with E-state index in [1.807, 2.05) is 38.1 Å². The molecule has 4 nitrogen and oxygen atoms in total. The zero-order valence-electron chi connectivity index (χ0n) is 10.8. The van der Waals surface area contributed by atoms with Crippen LogP contribution in [0.1, 0.15) is 19.4 Å². The first-order chi connectivity index (χ1) is 8.67. The van der Waals surface area contributed by atoms with E-state index in [1.165, 1.54) is 0 Å². The van der Waals surface area contributed by atoms with E-state index in [0.29, 0.717) is 19.5 Å². The molecule has 1 heterocycles. The van der Waals surface area contributed by atoms with Crippen molar-refractivity contribution in [1.29, 1.82) is 0 Å². The first-order valence-corrected chi connectivity index (χ1v) is 6.35. The van der Waals surface area contributed by atoms with Crippen molar-refractivity contribution in [2.75, 3.05) is 18.4 Å². The van der Waals surface area contributed by atoms with Crippen molar-refractivity contribution in [3.8, 4) is 0 Å². The summed E-state index contributed by atoms with van der Waals surface area (Å²) in [6.07, 6.45) is 0.497. The van der Waals surface area contributed by atoms with Crippen LogP contribution in [0.25, 0.3) is 0 Å². The number of fused-ring (bicyclic) bond motifs is 1. The minimum atomic E-state index is -0.584. The number of hydrogen-bond acceptors (Lipinski definition) is 2. The van der Waals surface area contributed by atoms with Crippen LogP contribution in [0.4, 0.5) is 5.69 Å². The Balaban J connectivity index is 2.22. The second kappa shape index (κ2) is 5.21. The van der Waals surface area contributed by atoms with Gasteiger partial charge in [0.05, 0.1) is 0 Å². The molecule has 1 aromatic rings. The predicted molar refractivity (Wildman–Crippen MR) is 70.2 cm³/mol. The monoisotopic (exact) mass is 246 g/mol. The summed E-state index contributed by atoms with van der Waals surface area (Å²) in [6.45, 7) is 5.13. The molecular formula is C14H18N2O2. The van der Waals surface area contributed by atoms with Crippen molar-refractivity contribution in [3.05, 3.63) is 29.8 Å². The number of rotatable bonds is 3. The molecule has 0 saturated heterocycles. The van der Waals surface area contributed by atoms with Gasteiger partial charge in [0.15, 0.2) is 0 Å². The van der Waals surface area contributed by atoms with Gasteiger partial charge in [-0.15, -0.1) is 0 Å². The number of benzene rings is 1. The van der Waals surface area contributed by atoms with Crippen molar-refractivity contribution in [1.82, 2.24) is 4.90 Å². The van der Waals surface area contributed by atoms with Crippen molar-refractivity contribution < 1.29 is 9.59 Å². The van der Waals surface area contributed by atoms with Crippen molar-refractivity contribution in [2.45, 2.75) is 20.3 Å². The Morgan fingerprint density at radius 3 is 2.67 bits per heavy atom. The Morgan fingerprint density at radius 1 is 1.33 bits per heavy atom. The highest BCUT2D eigenvalue weighted by Crippen LogP contribution is 2.26. The Hall–Kier alpha value is -1.84. The Morgan fingerprint density at radius 2 is 2.00 bits per heavy atom. The van der Waals surface area contributed by atoms with Crippen LogP contribution < -0.4 is 5.32 Å². The van der Waals surface area contributed by atoms with E-state index in [2.05, 4.69) is 5.32 Å². The van der Waals surface area contributed by atoms with Crippen LogP contribution in [-0.2, 0) is 16.0 Å². The molecule has 0 saturated carbocycles. The van der Waals surface area contributed by atoms with Crippen LogP contribution in [0.5, 0.6) is 0 Å². The van der Waals surface area contributed by atoms with Gasteiger partial charge in [0, 0.05) is 18.8 Å². The normalized spacial score (nSPS) is 17.9. The fourth-order valence-electron chi connectivity index (χ4n) is 2.31. The molecule has 18 heavy (non-hydrogen) atoms. The maximum Gasteiger partial charge on any atom is 0.237 e.